The molecule has 1 saturated carbocycles. The Morgan fingerprint density at radius 3 is 3.00 bits per heavy atom. The fourth-order valence-corrected chi connectivity index (χ4v) is 3.32. The maximum atomic E-state index is 11.5. The highest BCUT2D eigenvalue weighted by atomic mass is 32.2. The molecule has 0 saturated heterocycles. The molecular formula is C11H21NO3S. The van der Waals surface area contributed by atoms with Crippen LogP contribution in [0.3, 0.4) is 0 Å². The Labute approximate surface area is 101 Å². The lowest BCUT2D eigenvalue weighted by Gasteiger charge is -2.20. The number of aliphatic hydroxyl groups excluding tert-OH is 1. The van der Waals surface area contributed by atoms with E-state index in [9.17, 15) is 4.79 Å². The minimum absolute atomic E-state index is 0.213. The molecule has 3 N–H and O–H groups in total. The summed E-state index contributed by atoms with van der Waals surface area (Å²) in [5.74, 6) is 0.917. The summed E-state index contributed by atoms with van der Waals surface area (Å²) in [5.41, 5.74) is 5.22. The van der Waals surface area contributed by atoms with Crippen molar-refractivity contribution >= 4 is 17.7 Å². The highest BCUT2D eigenvalue weighted by molar-refractivity contribution is 7.99. The maximum absolute atomic E-state index is 11.5. The van der Waals surface area contributed by atoms with Crippen molar-refractivity contribution < 1.29 is 14.6 Å². The summed E-state index contributed by atoms with van der Waals surface area (Å²) >= 11 is 1.80. The van der Waals surface area contributed by atoms with E-state index in [0.29, 0.717) is 24.0 Å². The fourth-order valence-electron chi connectivity index (χ4n) is 1.91. The third-order valence-electron chi connectivity index (χ3n) is 3.02. The van der Waals surface area contributed by atoms with Crippen molar-refractivity contribution in [3.63, 3.8) is 0 Å². The van der Waals surface area contributed by atoms with Gasteiger partial charge in [-0.2, -0.15) is 11.8 Å². The van der Waals surface area contributed by atoms with Crippen LogP contribution in [-0.4, -0.2) is 41.3 Å². The lowest BCUT2D eigenvalue weighted by molar-refractivity contribution is -0.146. The van der Waals surface area contributed by atoms with Gasteiger partial charge < -0.3 is 15.6 Å². The van der Waals surface area contributed by atoms with E-state index in [1.165, 1.54) is 7.11 Å². The minimum atomic E-state index is -0.783. The zero-order chi connectivity index (χ0) is 12.2. The quantitative estimate of drug-likeness (QED) is 0.702. The zero-order valence-corrected chi connectivity index (χ0v) is 10.8. The third-order valence-corrected chi connectivity index (χ3v) is 4.66. The van der Waals surface area contributed by atoms with Crippen molar-refractivity contribution in [1.82, 2.24) is 0 Å². The number of esters is 1. The second kappa shape index (κ2) is 5.89. The Morgan fingerprint density at radius 2 is 2.44 bits per heavy atom. The average Bonchev–Trinajstić information content (AvgIpc) is 2.68. The highest BCUT2D eigenvalue weighted by Crippen LogP contribution is 2.36. The standard InChI is InChI=1S/C11H21NO3S/c1-8(6-13)7-16-9-3-4-11(12,5-9)10(14)15-2/h8-9,13H,3-7,12H2,1-2H3. The Balaban J connectivity index is 2.37. The van der Waals surface area contributed by atoms with Crippen molar-refractivity contribution in [3.05, 3.63) is 0 Å². The van der Waals surface area contributed by atoms with Crippen molar-refractivity contribution in [2.24, 2.45) is 11.7 Å². The number of carbonyl (C=O) groups excluding carboxylic acids is 1. The van der Waals surface area contributed by atoms with E-state index in [-0.39, 0.29) is 12.6 Å². The van der Waals surface area contributed by atoms with E-state index >= 15 is 0 Å². The van der Waals surface area contributed by atoms with E-state index in [4.69, 9.17) is 15.6 Å². The Morgan fingerprint density at radius 1 is 1.75 bits per heavy atom. The van der Waals surface area contributed by atoms with Gasteiger partial charge in [-0.15, -0.1) is 0 Å². The van der Waals surface area contributed by atoms with Crippen LogP contribution in [0.15, 0.2) is 0 Å². The molecule has 0 bridgehead atoms. The predicted molar refractivity (Wildman–Crippen MR) is 65.3 cm³/mol. The van der Waals surface area contributed by atoms with Gasteiger partial charge in [0.15, 0.2) is 0 Å². The highest BCUT2D eigenvalue weighted by Gasteiger charge is 2.43. The summed E-state index contributed by atoms with van der Waals surface area (Å²) in [5, 5.41) is 9.34. The number of ether oxygens (including phenoxy) is 1. The fraction of sp³-hybridized carbons (Fsp3) is 0.909. The maximum Gasteiger partial charge on any atom is 0.325 e. The van der Waals surface area contributed by atoms with Gasteiger partial charge in [0.1, 0.15) is 5.54 Å². The predicted octanol–water partition coefficient (Wildman–Crippen LogP) is 0.771. The second-order valence-corrected chi connectivity index (χ2v) is 5.97. The molecule has 0 aromatic carbocycles. The Bertz CT molecular complexity index is 249. The number of hydrogen-bond acceptors (Lipinski definition) is 5. The van der Waals surface area contributed by atoms with E-state index in [1.807, 2.05) is 6.92 Å². The van der Waals surface area contributed by atoms with Gasteiger partial charge in [0.25, 0.3) is 0 Å². The first-order valence-corrected chi connectivity index (χ1v) is 6.66. The molecule has 1 rings (SSSR count). The second-order valence-electron chi connectivity index (χ2n) is 4.63. The molecule has 0 spiro atoms. The number of methoxy groups -OCH3 is 1. The van der Waals surface area contributed by atoms with Crippen LogP contribution in [0.5, 0.6) is 0 Å². The minimum Gasteiger partial charge on any atom is -0.468 e. The van der Waals surface area contributed by atoms with E-state index in [2.05, 4.69) is 0 Å². The molecule has 1 aliphatic carbocycles. The molecule has 5 heteroatoms. The zero-order valence-electron chi connectivity index (χ0n) is 9.94. The summed E-state index contributed by atoms with van der Waals surface area (Å²) in [6.45, 7) is 2.22. The summed E-state index contributed by atoms with van der Waals surface area (Å²) in [7, 11) is 1.38. The number of nitrogens with two attached hydrogens (primary N) is 1. The first-order valence-electron chi connectivity index (χ1n) is 5.61. The molecule has 1 aliphatic rings. The van der Waals surface area contributed by atoms with Gasteiger partial charge in [-0.1, -0.05) is 6.92 Å². The van der Waals surface area contributed by atoms with Crippen LogP contribution in [0, 0.1) is 5.92 Å². The van der Waals surface area contributed by atoms with Crippen LogP contribution in [0.2, 0.25) is 0 Å². The van der Waals surface area contributed by atoms with Crippen LogP contribution in [0.1, 0.15) is 26.2 Å². The molecule has 1 fully saturated rings. The Hall–Kier alpha value is -0.260. The number of aliphatic hydroxyl groups is 1. The van der Waals surface area contributed by atoms with Gasteiger partial charge in [-0.3, -0.25) is 4.79 Å². The van der Waals surface area contributed by atoms with Crippen LogP contribution in [0.25, 0.3) is 0 Å². The monoisotopic (exact) mass is 247 g/mol. The number of rotatable bonds is 5. The van der Waals surface area contributed by atoms with Crippen molar-refractivity contribution in [1.29, 1.82) is 0 Å². The normalized spacial score (nSPS) is 31.4. The van der Waals surface area contributed by atoms with Gasteiger partial charge in [0.2, 0.25) is 0 Å². The van der Waals surface area contributed by atoms with Gasteiger partial charge in [0, 0.05) is 11.9 Å². The molecule has 0 amide bonds. The van der Waals surface area contributed by atoms with Gasteiger partial charge in [0.05, 0.1) is 7.11 Å². The van der Waals surface area contributed by atoms with Crippen LogP contribution >= 0.6 is 11.8 Å². The molecular weight excluding hydrogens is 226 g/mol. The Kier molecular flexibility index (Phi) is 5.08. The van der Waals surface area contributed by atoms with Gasteiger partial charge >= 0.3 is 5.97 Å². The topological polar surface area (TPSA) is 72.5 Å². The smallest absolute Gasteiger partial charge is 0.325 e. The molecule has 0 aromatic heterocycles. The number of thioether (sulfide) groups is 1. The van der Waals surface area contributed by atoms with Crippen molar-refractivity contribution in [2.75, 3.05) is 19.5 Å². The molecule has 3 atom stereocenters. The average molecular weight is 247 g/mol. The summed E-state index contributed by atoms with van der Waals surface area (Å²) < 4.78 is 4.72. The van der Waals surface area contributed by atoms with Gasteiger partial charge in [-0.05, 0) is 30.9 Å². The molecule has 16 heavy (non-hydrogen) atoms. The number of hydrogen-bond donors (Lipinski definition) is 2. The molecule has 0 aromatic rings. The van der Waals surface area contributed by atoms with Crippen molar-refractivity contribution in [2.45, 2.75) is 37.0 Å². The number of carbonyl (C=O) groups is 1. The lowest BCUT2D eigenvalue weighted by Crippen LogP contribution is -2.46. The molecule has 4 nitrogen and oxygen atoms in total. The molecule has 0 aliphatic heterocycles. The molecule has 0 radical (unpaired) electrons. The van der Waals surface area contributed by atoms with Crippen LogP contribution in [-0.2, 0) is 9.53 Å². The first kappa shape index (κ1) is 13.8. The van der Waals surface area contributed by atoms with Crippen molar-refractivity contribution in [3.8, 4) is 0 Å². The summed E-state index contributed by atoms with van der Waals surface area (Å²) in [6, 6.07) is 0. The van der Waals surface area contributed by atoms with E-state index < -0.39 is 5.54 Å². The van der Waals surface area contributed by atoms with E-state index in [1.54, 1.807) is 11.8 Å². The molecule has 0 heterocycles. The van der Waals surface area contributed by atoms with Gasteiger partial charge in [-0.25, -0.2) is 0 Å². The van der Waals surface area contributed by atoms with Crippen LogP contribution < -0.4 is 5.73 Å². The third kappa shape index (κ3) is 3.37. The van der Waals surface area contributed by atoms with E-state index in [0.717, 1.165) is 12.2 Å². The van der Waals surface area contributed by atoms with Crippen LogP contribution in [0.4, 0.5) is 0 Å². The molecule has 3 unspecified atom stereocenters. The molecule has 94 valence electrons. The SMILES string of the molecule is COC(=O)C1(N)CCC(SCC(C)CO)C1. The first-order chi connectivity index (χ1) is 7.51. The summed E-state index contributed by atoms with van der Waals surface area (Å²) in [4.78, 5) is 11.5. The lowest BCUT2D eigenvalue weighted by atomic mass is 10.00. The largest absolute Gasteiger partial charge is 0.468 e. The summed E-state index contributed by atoms with van der Waals surface area (Å²) in [6.07, 6.45) is 2.34.